The topological polar surface area (TPSA) is 109 Å². The van der Waals surface area contributed by atoms with E-state index in [0.717, 1.165) is 18.9 Å². The number of rotatable bonds is 9. The van der Waals surface area contributed by atoms with E-state index in [1.807, 2.05) is 0 Å². The van der Waals surface area contributed by atoms with E-state index in [1.54, 1.807) is 17.2 Å². The molecule has 0 radical (unpaired) electrons. The number of aromatic nitrogens is 2. The molecule has 3 N–H and O–H groups in total. The minimum atomic E-state index is -3.26. The summed E-state index contributed by atoms with van der Waals surface area (Å²) < 4.78 is 51.2. The summed E-state index contributed by atoms with van der Waals surface area (Å²) in [6, 6.07) is 5.25. The number of carbonyl (C=O) groups is 2. The second-order valence-electron chi connectivity index (χ2n) is 9.07. The van der Waals surface area contributed by atoms with Gasteiger partial charge in [-0.25, -0.2) is 4.39 Å². The zero-order valence-electron chi connectivity index (χ0n) is 20.8. The van der Waals surface area contributed by atoms with Gasteiger partial charge in [-0.15, -0.1) is 0 Å². The van der Waals surface area contributed by atoms with Crippen LogP contribution in [0.25, 0.3) is 11.3 Å². The molecule has 0 unspecified atom stereocenters. The van der Waals surface area contributed by atoms with Crippen molar-refractivity contribution < 1.29 is 32.2 Å². The molecule has 1 saturated heterocycles. The lowest BCUT2D eigenvalue weighted by atomic mass is 10.0. The fraction of sp³-hybridized carbons (Fsp3) is 0.296. The molecule has 0 saturated carbocycles. The summed E-state index contributed by atoms with van der Waals surface area (Å²) in [5.74, 6) is -1.84. The maximum atomic E-state index is 14.5. The van der Waals surface area contributed by atoms with Gasteiger partial charge >= 0.3 is 6.61 Å². The summed E-state index contributed by atoms with van der Waals surface area (Å²) in [5, 5.41) is 5.72. The molecule has 2 aliphatic rings. The maximum Gasteiger partial charge on any atom is 0.387 e. The van der Waals surface area contributed by atoms with E-state index >= 15 is 0 Å². The predicted octanol–water partition coefficient (Wildman–Crippen LogP) is 4.40. The van der Waals surface area contributed by atoms with Gasteiger partial charge in [-0.05, 0) is 37.1 Å². The standard InChI is InChI=1S/C27H26F3N5O4/c1-2-21(36)35-12-4-5-15(35)14-38-20-13-31-10-8-16(20)23-24(22-18(33-23)9-11-32-26(22)37)34-19-7-3-6-17(28)25(19)39-27(29)30/h2-3,6-8,10,13,15,27,33-34H,1,4-5,9,11-12,14H2,(H,32,37)/t15-/m0/s1. The molecular formula is C27H26F3N5O4. The summed E-state index contributed by atoms with van der Waals surface area (Å²) in [5.41, 5.74) is 1.99. The molecule has 2 aromatic heterocycles. The molecule has 5 rings (SSSR count). The number of hydrogen-bond acceptors (Lipinski definition) is 6. The van der Waals surface area contributed by atoms with Gasteiger partial charge in [0, 0.05) is 37.0 Å². The van der Waals surface area contributed by atoms with Crippen molar-refractivity contribution in [1.29, 1.82) is 0 Å². The highest BCUT2D eigenvalue weighted by atomic mass is 19.3. The molecule has 1 atom stereocenters. The Morgan fingerprint density at radius 1 is 1.33 bits per heavy atom. The molecule has 12 heteroatoms. The number of nitrogens with zero attached hydrogens (tertiary/aromatic N) is 2. The number of fused-ring (bicyclic) bond motifs is 1. The first-order chi connectivity index (χ1) is 18.9. The summed E-state index contributed by atoms with van der Waals surface area (Å²) in [4.78, 5) is 34.2. The van der Waals surface area contributed by atoms with Gasteiger partial charge in [0.2, 0.25) is 5.91 Å². The quantitative estimate of drug-likeness (QED) is 0.347. The lowest BCUT2D eigenvalue weighted by Crippen LogP contribution is -2.38. The molecule has 0 aliphatic carbocycles. The molecule has 2 aliphatic heterocycles. The van der Waals surface area contributed by atoms with Crippen molar-refractivity contribution in [2.24, 2.45) is 0 Å². The first kappa shape index (κ1) is 26.1. The van der Waals surface area contributed by atoms with Crippen LogP contribution in [0.15, 0.2) is 49.3 Å². The number of ether oxygens (including phenoxy) is 2. The highest BCUT2D eigenvalue weighted by molar-refractivity contribution is 6.06. The van der Waals surface area contributed by atoms with Crippen molar-refractivity contribution in [3.63, 3.8) is 0 Å². The Bertz CT molecular complexity index is 1410. The molecule has 2 amide bonds. The normalized spacial score (nSPS) is 16.6. The number of hydrogen-bond donors (Lipinski definition) is 3. The molecule has 1 fully saturated rings. The first-order valence-electron chi connectivity index (χ1n) is 12.4. The Balaban J connectivity index is 1.53. The highest BCUT2D eigenvalue weighted by Crippen LogP contribution is 2.42. The molecule has 3 aromatic rings. The number of carbonyl (C=O) groups excluding carboxylic acids is 2. The Hall–Kier alpha value is -4.48. The Kier molecular flexibility index (Phi) is 7.44. The van der Waals surface area contributed by atoms with Crippen LogP contribution < -0.4 is 20.1 Å². The lowest BCUT2D eigenvalue weighted by molar-refractivity contribution is -0.127. The summed E-state index contributed by atoms with van der Waals surface area (Å²) in [7, 11) is 0. The number of H-pyrrole nitrogens is 1. The number of nitrogens with one attached hydrogen (secondary N) is 3. The van der Waals surface area contributed by atoms with Crippen LogP contribution in [-0.2, 0) is 11.2 Å². The minimum Gasteiger partial charge on any atom is -0.489 e. The Morgan fingerprint density at radius 2 is 2.18 bits per heavy atom. The van der Waals surface area contributed by atoms with E-state index in [4.69, 9.17) is 4.74 Å². The van der Waals surface area contributed by atoms with Crippen LogP contribution in [0.5, 0.6) is 11.5 Å². The molecule has 0 bridgehead atoms. The number of benzene rings is 1. The van der Waals surface area contributed by atoms with Gasteiger partial charge in [-0.1, -0.05) is 12.6 Å². The van der Waals surface area contributed by atoms with Crippen molar-refractivity contribution in [2.75, 3.05) is 25.0 Å². The van der Waals surface area contributed by atoms with E-state index in [0.29, 0.717) is 42.2 Å². The molecule has 0 spiro atoms. The van der Waals surface area contributed by atoms with Gasteiger partial charge in [0.05, 0.1) is 34.9 Å². The van der Waals surface area contributed by atoms with Crippen LogP contribution in [0.3, 0.4) is 0 Å². The number of anilines is 2. The fourth-order valence-corrected chi connectivity index (χ4v) is 4.96. The molecule has 1 aromatic carbocycles. The van der Waals surface area contributed by atoms with Gasteiger partial charge in [0.1, 0.15) is 12.4 Å². The molecule has 39 heavy (non-hydrogen) atoms. The SMILES string of the molecule is C=CC(=O)N1CCC[C@H]1COc1cnccc1-c1[nH]c2c(c1Nc1cccc(F)c1OC(F)F)C(=O)NCC2. The van der Waals surface area contributed by atoms with E-state index in [1.165, 1.54) is 24.4 Å². The number of para-hydroxylation sites is 1. The summed E-state index contributed by atoms with van der Waals surface area (Å²) in [6.07, 6.45) is 6.44. The average Bonchev–Trinajstić information content (AvgIpc) is 3.54. The fourth-order valence-electron chi connectivity index (χ4n) is 4.96. The van der Waals surface area contributed by atoms with Gasteiger partial charge in [0.25, 0.3) is 5.91 Å². The zero-order valence-corrected chi connectivity index (χ0v) is 20.8. The lowest BCUT2D eigenvalue weighted by Gasteiger charge is -2.24. The third-order valence-corrected chi connectivity index (χ3v) is 6.72. The van der Waals surface area contributed by atoms with Crippen LogP contribution in [0, 0.1) is 5.82 Å². The van der Waals surface area contributed by atoms with Gasteiger partial charge in [-0.2, -0.15) is 8.78 Å². The summed E-state index contributed by atoms with van der Waals surface area (Å²) >= 11 is 0. The summed E-state index contributed by atoms with van der Waals surface area (Å²) in [6.45, 7) is 1.53. The second-order valence-corrected chi connectivity index (χ2v) is 9.07. The third kappa shape index (κ3) is 5.27. The smallest absolute Gasteiger partial charge is 0.387 e. The molecule has 204 valence electrons. The number of amides is 2. The highest BCUT2D eigenvalue weighted by Gasteiger charge is 2.31. The van der Waals surface area contributed by atoms with E-state index < -0.39 is 18.2 Å². The number of halogens is 3. The van der Waals surface area contributed by atoms with E-state index in [-0.39, 0.29) is 41.4 Å². The Labute approximate surface area is 222 Å². The van der Waals surface area contributed by atoms with Crippen LogP contribution in [0.4, 0.5) is 24.5 Å². The van der Waals surface area contributed by atoms with Gasteiger partial charge < -0.3 is 30.0 Å². The van der Waals surface area contributed by atoms with E-state index in [9.17, 15) is 22.8 Å². The van der Waals surface area contributed by atoms with Gasteiger partial charge in [0.15, 0.2) is 11.6 Å². The number of likely N-dealkylation sites (tertiary alicyclic amines) is 1. The number of alkyl halides is 2. The van der Waals surface area contributed by atoms with Crippen molar-refractivity contribution in [2.45, 2.75) is 31.9 Å². The minimum absolute atomic E-state index is 0.0854. The van der Waals surface area contributed by atoms with Crippen molar-refractivity contribution in [1.82, 2.24) is 20.2 Å². The largest absolute Gasteiger partial charge is 0.489 e. The van der Waals surface area contributed by atoms with Gasteiger partial charge in [-0.3, -0.25) is 14.6 Å². The van der Waals surface area contributed by atoms with Crippen LogP contribution >= 0.6 is 0 Å². The van der Waals surface area contributed by atoms with Crippen molar-refractivity contribution in [3.8, 4) is 22.8 Å². The molecular weight excluding hydrogens is 515 g/mol. The third-order valence-electron chi connectivity index (χ3n) is 6.72. The first-order valence-corrected chi connectivity index (χ1v) is 12.4. The van der Waals surface area contributed by atoms with Crippen molar-refractivity contribution in [3.05, 3.63) is 66.4 Å². The average molecular weight is 542 g/mol. The Morgan fingerprint density at radius 3 is 2.97 bits per heavy atom. The van der Waals surface area contributed by atoms with E-state index in [2.05, 4.69) is 31.9 Å². The van der Waals surface area contributed by atoms with Crippen LogP contribution in [0.1, 0.15) is 28.9 Å². The maximum absolute atomic E-state index is 14.5. The van der Waals surface area contributed by atoms with Crippen molar-refractivity contribution >= 4 is 23.2 Å². The second kappa shape index (κ2) is 11.1. The monoisotopic (exact) mass is 541 g/mol. The molecule has 9 nitrogen and oxygen atoms in total. The number of pyridine rings is 1. The molecule has 4 heterocycles. The number of aromatic amines is 1. The van der Waals surface area contributed by atoms with Crippen LogP contribution in [0.2, 0.25) is 0 Å². The van der Waals surface area contributed by atoms with Crippen LogP contribution in [-0.4, -0.2) is 59.0 Å². The zero-order chi connectivity index (χ0) is 27.5. The predicted molar refractivity (Wildman–Crippen MR) is 137 cm³/mol.